The molecule has 2 N–H and O–H groups in total. The summed E-state index contributed by atoms with van der Waals surface area (Å²) in [7, 11) is 0. The molecule has 6 nitrogen and oxygen atoms in total. The van der Waals surface area contributed by atoms with E-state index in [-0.39, 0.29) is 18.4 Å². The molecule has 0 saturated carbocycles. The Balaban J connectivity index is 1.58. The first kappa shape index (κ1) is 13.4. The van der Waals surface area contributed by atoms with Gasteiger partial charge in [-0.1, -0.05) is 35.5 Å². The molecule has 2 aromatic rings. The number of amides is 2. The van der Waals surface area contributed by atoms with E-state index in [9.17, 15) is 9.59 Å². The van der Waals surface area contributed by atoms with Crippen LogP contribution in [0.2, 0.25) is 0 Å². The summed E-state index contributed by atoms with van der Waals surface area (Å²) in [6, 6.07) is 11.0. The highest BCUT2D eigenvalue weighted by Crippen LogP contribution is 2.19. The number of hydrogen-bond donors (Lipinski definition) is 2. The van der Waals surface area contributed by atoms with Crippen LogP contribution in [0.15, 0.2) is 40.9 Å². The number of nitrogens with zero attached hydrogens (tertiary/aromatic N) is 1. The molecule has 0 aliphatic carbocycles. The monoisotopic (exact) mass is 285 g/mol. The molecule has 0 unspecified atom stereocenters. The second kappa shape index (κ2) is 5.78. The summed E-state index contributed by atoms with van der Waals surface area (Å²) in [5, 5.41) is 9.31. The standard InChI is InChI=1S/C15H15N3O3/c19-14-7-6-12(17-14)15(20)16-9-11-8-13(21-18-11)10-4-2-1-3-5-10/h1-5,8,12H,6-7,9H2,(H,16,20)(H,17,19)/t12-/m0/s1. The Morgan fingerprint density at radius 2 is 2.19 bits per heavy atom. The highest BCUT2D eigenvalue weighted by molar-refractivity contribution is 5.90. The van der Waals surface area contributed by atoms with Gasteiger partial charge in [0.15, 0.2) is 5.76 Å². The van der Waals surface area contributed by atoms with Gasteiger partial charge in [-0.25, -0.2) is 0 Å². The molecule has 1 aliphatic heterocycles. The highest BCUT2D eigenvalue weighted by atomic mass is 16.5. The van der Waals surface area contributed by atoms with Crippen molar-refractivity contribution in [1.82, 2.24) is 15.8 Å². The van der Waals surface area contributed by atoms with Crippen LogP contribution in [0.5, 0.6) is 0 Å². The zero-order chi connectivity index (χ0) is 14.7. The first-order valence-electron chi connectivity index (χ1n) is 6.80. The van der Waals surface area contributed by atoms with Gasteiger partial charge in [0.25, 0.3) is 0 Å². The van der Waals surface area contributed by atoms with Crippen LogP contribution in [0.1, 0.15) is 18.5 Å². The normalized spacial score (nSPS) is 17.5. The molecule has 1 aliphatic rings. The highest BCUT2D eigenvalue weighted by Gasteiger charge is 2.26. The number of hydrogen-bond acceptors (Lipinski definition) is 4. The van der Waals surface area contributed by atoms with Gasteiger partial charge in [-0.2, -0.15) is 0 Å². The van der Waals surface area contributed by atoms with E-state index in [0.717, 1.165) is 5.56 Å². The predicted octanol–water partition coefficient (Wildman–Crippen LogP) is 1.24. The zero-order valence-corrected chi connectivity index (χ0v) is 11.3. The lowest BCUT2D eigenvalue weighted by Crippen LogP contribution is -2.41. The number of rotatable bonds is 4. The van der Waals surface area contributed by atoms with Crippen molar-refractivity contribution in [2.24, 2.45) is 0 Å². The number of carbonyl (C=O) groups is 2. The topological polar surface area (TPSA) is 84.2 Å². The lowest BCUT2D eigenvalue weighted by atomic mass is 10.1. The second-order valence-electron chi connectivity index (χ2n) is 4.93. The summed E-state index contributed by atoms with van der Waals surface area (Å²) >= 11 is 0. The molecular formula is C15H15N3O3. The second-order valence-corrected chi connectivity index (χ2v) is 4.93. The van der Waals surface area contributed by atoms with Crippen molar-refractivity contribution in [2.45, 2.75) is 25.4 Å². The summed E-state index contributed by atoms with van der Waals surface area (Å²) in [5.41, 5.74) is 1.58. The summed E-state index contributed by atoms with van der Waals surface area (Å²) in [4.78, 5) is 22.9. The third-order valence-electron chi connectivity index (χ3n) is 3.37. The van der Waals surface area contributed by atoms with Crippen molar-refractivity contribution >= 4 is 11.8 Å². The summed E-state index contributed by atoms with van der Waals surface area (Å²) in [6.45, 7) is 0.279. The van der Waals surface area contributed by atoms with E-state index < -0.39 is 6.04 Å². The fraction of sp³-hybridized carbons (Fsp3) is 0.267. The van der Waals surface area contributed by atoms with E-state index in [2.05, 4.69) is 15.8 Å². The van der Waals surface area contributed by atoms with Crippen LogP contribution in [-0.4, -0.2) is 23.0 Å². The molecule has 0 radical (unpaired) electrons. The van der Waals surface area contributed by atoms with Gasteiger partial charge < -0.3 is 15.2 Å². The lowest BCUT2D eigenvalue weighted by molar-refractivity contribution is -0.125. The fourth-order valence-electron chi connectivity index (χ4n) is 2.25. The number of aromatic nitrogens is 1. The first-order chi connectivity index (χ1) is 10.2. The number of nitrogens with one attached hydrogen (secondary N) is 2. The van der Waals surface area contributed by atoms with Gasteiger partial charge in [-0.15, -0.1) is 0 Å². The summed E-state index contributed by atoms with van der Waals surface area (Å²) in [5.74, 6) is 0.391. The zero-order valence-electron chi connectivity index (χ0n) is 11.3. The molecule has 1 fully saturated rings. The Bertz CT molecular complexity index is 651. The minimum absolute atomic E-state index is 0.0806. The van der Waals surface area contributed by atoms with Gasteiger partial charge >= 0.3 is 0 Å². The minimum Gasteiger partial charge on any atom is -0.356 e. The lowest BCUT2D eigenvalue weighted by Gasteiger charge is -2.09. The van der Waals surface area contributed by atoms with Crippen LogP contribution >= 0.6 is 0 Å². The van der Waals surface area contributed by atoms with Crippen LogP contribution in [0, 0.1) is 0 Å². The SMILES string of the molecule is O=C1CC[C@@H](C(=O)NCc2cc(-c3ccccc3)on2)N1. The van der Waals surface area contributed by atoms with Crippen molar-refractivity contribution in [2.75, 3.05) is 0 Å². The number of benzene rings is 1. The van der Waals surface area contributed by atoms with Crippen molar-refractivity contribution in [1.29, 1.82) is 0 Å². The molecule has 0 bridgehead atoms. The van der Waals surface area contributed by atoms with Crippen LogP contribution < -0.4 is 10.6 Å². The van der Waals surface area contributed by atoms with E-state index in [4.69, 9.17) is 4.52 Å². The molecule has 1 atom stereocenters. The molecule has 6 heteroatoms. The van der Waals surface area contributed by atoms with Gasteiger partial charge in [0.2, 0.25) is 11.8 Å². The Hall–Kier alpha value is -2.63. The van der Waals surface area contributed by atoms with Crippen molar-refractivity contribution < 1.29 is 14.1 Å². The quantitative estimate of drug-likeness (QED) is 0.885. The Morgan fingerprint density at radius 3 is 2.90 bits per heavy atom. The minimum atomic E-state index is -0.432. The third kappa shape index (κ3) is 3.10. The molecule has 1 aromatic carbocycles. The third-order valence-corrected chi connectivity index (χ3v) is 3.37. The van der Waals surface area contributed by atoms with Crippen molar-refractivity contribution in [3.8, 4) is 11.3 Å². The van der Waals surface area contributed by atoms with Crippen LogP contribution in [0.25, 0.3) is 11.3 Å². The van der Waals surface area contributed by atoms with Crippen LogP contribution in [0.3, 0.4) is 0 Å². The maximum absolute atomic E-state index is 11.9. The average molecular weight is 285 g/mol. The van der Waals surface area contributed by atoms with Crippen LogP contribution in [0.4, 0.5) is 0 Å². The largest absolute Gasteiger partial charge is 0.356 e. The summed E-state index contributed by atoms with van der Waals surface area (Å²) < 4.78 is 5.25. The van der Waals surface area contributed by atoms with Gasteiger partial charge in [-0.05, 0) is 6.42 Å². The fourth-order valence-corrected chi connectivity index (χ4v) is 2.25. The van der Waals surface area contributed by atoms with E-state index >= 15 is 0 Å². The molecule has 2 amide bonds. The van der Waals surface area contributed by atoms with Crippen molar-refractivity contribution in [3.63, 3.8) is 0 Å². The number of carbonyl (C=O) groups excluding carboxylic acids is 2. The molecule has 1 saturated heterocycles. The molecule has 1 aromatic heterocycles. The van der Waals surface area contributed by atoms with Gasteiger partial charge in [0.1, 0.15) is 11.7 Å². The Morgan fingerprint density at radius 1 is 1.38 bits per heavy atom. The molecule has 2 heterocycles. The average Bonchev–Trinajstić information content (AvgIpc) is 3.15. The van der Waals surface area contributed by atoms with Crippen molar-refractivity contribution in [3.05, 3.63) is 42.1 Å². The smallest absolute Gasteiger partial charge is 0.242 e. The first-order valence-corrected chi connectivity index (χ1v) is 6.80. The maximum atomic E-state index is 11.9. The van der Waals surface area contributed by atoms with Gasteiger partial charge in [0.05, 0.1) is 6.54 Å². The Labute approximate surface area is 121 Å². The van der Waals surface area contributed by atoms with E-state index in [0.29, 0.717) is 24.3 Å². The molecular weight excluding hydrogens is 270 g/mol. The molecule has 108 valence electrons. The van der Waals surface area contributed by atoms with Gasteiger partial charge in [-0.3, -0.25) is 9.59 Å². The van der Waals surface area contributed by atoms with Crippen LogP contribution in [-0.2, 0) is 16.1 Å². The van der Waals surface area contributed by atoms with Gasteiger partial charge in [0, 0.05) is 18.1 Å². The molecule has 21 heavy (non-hydrogen) atoms. The van der Waals surface area contributed by atoms with E-state index in [1.54, 1.807) is 6.07 Å². The molecule has 3 rings (SSSR count). The Kier molecular flexibility index (Phi) is 3.68. The summed E-state index contributed by atoms with van der Waals surface area (Å²) in [6.07, 6.45) is 0.943. The van der Waals surface area contributed by atoms with E-state index in [1.165, 1.54) is 0 Å². The predicted molar refractivity (Wildman–Crippen MR) is 75.0 cm³/mol. The molecule has 0 spiro atoms. The van der Waals surface area contributed by atoms with E-state index in [1.807, 2.05) is 30.3 Å². The maximum Gasteiger partial charge on any atom is 0.242 e.